The van der Waals surface area contributed by atoms with Crippen molar-refractivity contribution in [3.05, 3.63) is 75.8 Å². The largest absolute Gasteiger partial charge is 0.340 e. The summed E-state index contributed by atoms with van der Waals surface area (Å²) in [5.41, 5.74) is 5.42. The molecule has 2 fully saturated rings. The van der Waals surface area contributed by atoms with Gasteiger partial charge in [-0.3, -0.25) is 14.7 Å². The van der Waals surface area contributed by atoms with Crippen molar-refractivity contribution in [1.29, 1.82) is 0 Å². The van der Waals surface area contributed by atoms with Crippen LogP contribution in [-0.4, -0.2) is 66.7 Å². The monoisotopic (exact) mass is 538 g/mol. The smallest absolute Gasteiger partial charge is 0.219 e. The van der Waals surface area contributed by atoms with Crippen molar-refractivity contribution in [2.75, 3.05) is 39.3 Å². The number of carbonyl (C=O) groups is 1. The zero-order chi connectivity index (χ0) is 26.2. The summed E-state index contributed by atoms with van der Waals surface area (Å²) in [6.45, 7) is 13.6. The maximum atomic E-state index is 11.7. The first kappa shape index (κ1) is 26.4. The average Bonchev–Trinajstić information content (AvgIpc) is 3.17. The van der Waals surface area contributed by atoms with Crippen LogP contribution in [0.4, 0.5) is 5.69 Å². The van der Waals surface area contributed by atoms with Crippen molar-refractivity contribution in [2.45, 2.75) is 50.5 Å². The van der Waals surface area contributed by atoms with Crippen LogP contribution in [-0.2, 0) is 10.2 Å². The Morgan fingerprint density at radius 2 is 1.86 bits per heavy atom. The van der Waals surface area contributed by atoms with Gasteiger partial charge in [-0.25, -0.2) is 0 Å². The standard InChI is InChI=1S/C30H36Cl2N4O/c1-20(2)29-30(25(11-12-33-29)22-6-4-7-23(31)18-22)26-10-9-24(32)19-27(26)34-28(30)8-5-13-35-14-16-36(17-15-35)21(3)37/h4,6-7,9-10,18-19,25,29,33H,1,5,8,11-17H2,2-3H3. The number of carbonyl (C=O) groups excluding carboxylic acids is 1. The maximum Gasteiger partial charge on any atom is 0.219 e. The van der Waals surface area contributed by atoms with Gasteiger partial charge in [-0.2, -0.15) is 0 Å². The van der Waals surface area contributed by atoms with E-state index in [9.17, 15) is 4.79 Å². The number of fused-ring (bicyclic) bond motifs is 2. The second kappa shape index (κ2) is 10.9. The van der Waals surface area contributed by atoms with E-state index in [1.807, 2.05) is 23.1 Å². The van der Waals surface area contributed by atoms with E-state index < -0.39 is 0 Å². The molecule has 5 nitrogen and oxygen atoms in total. The zero-order valence-corrected chi connectivity index (χ0v) is 23.3. The van der Waals surface area contributed by atoms with E-state index >= 15 is 0 Å². The van der Waals surface area contributed by atoms with Crippen molar-refractivity contribution >= 4 is 40.5 Å². The molecular weight excluding hydrogens is 503 g/mol. The molecule has 0 saturated carbocycles. The van der Waals surface area contributed by atoms with Gasteiger partial charge in [-0.1, -0.05) is 53.6 Å². The number of halogens is 2. The molecule has 2 aromatic carbocycles. The van der Waals surface area contributed by atoms with E-state index in [4.69, 9.17) is 28.2 Å². The topological polar surface area (TPSA) is 47.9 Å². The average molecular weight is 540 g/mol. The first-order valence-corrected chi connectivity index (χ1v) is 14.1. The SMILES string of the molecule is C=C(C)C1NCCC(c2cccc(Cl)c2)C12C(CCCN1CCN(C(C)=O)CC1)=Nc1cc(Cl)ccc12. The molecule has 1 spiro atoms. The lowest BCUT2D eigenvalue weighted by molar-refractivity contribution is -0.130. The first-order valence-electron chi connectivity index (χ1n) is 13.3. The van der Waals surface area contributed by atoms with E-state index in [0.717, 1.165) is 74.8 Å². The van der Waals surface area contributed by atoms with Gasteiger partial charge in [0.1, 0.15) is 0 Å². The normalized spacial score (nSPS) is 25.7. The highest BCUT2D eigenvalue weighted by Crippen LogP contribution is 2.56. The minimum absolute atomic E-state index is 0.0607. The lowest BCUT2D eigenvalue weighted by Gasteiger charge is -2.50. The predicted molar refractivity (Wildman–Crippen MR) is 154 cm³/mol. The highest BCUT2D eigenvalue weighted by atomic mass is 35.5. The minimum atomic E-state index is -0.345. The van der Waals surface area contributed by atoms with Crippen LogP contribution in [0.15, 0.2) is 59.6 Å². The molecule has 3 aliphatic rings. The van der Waals surface area contributed by atoms with Crippen molar-refractivity contribution in [3.8, 4) is 0 Å². The summed E-state index contributed by atoms with van der Waals surface area (Å²) in [5, 5.41) is 5.28. The Morgan fingerprint density at radius 1 is 1.11 bits per heavy atom. The predicted octanol–water partition coefficient (Wildman–Crippen LogP) is 5.98. The molecule has 3 aliphatic heterocycles. The molecule has 0 aliphatic carbocycles. The molecule has 2 aromatic rings. The van der Waals surface area contributed by atoms with Gasteiger partial charge in [-0.15, -0.1) is 0 Å². The lowest BCUT2D eigenvalue weighted by atomic mass is 9.57. The number of hydrogen-bond acceptors (Lipinski definition) is 4. The molecular formula is C30H36Cl2N4O. The van der Waals surface area contributed by atoms with E-state index in [1.165, 1.54) is 16.8 Å². The van der Waals surface area contributed by atoms with Crippen LogP contribution in [0, 0.1) is 0 Å². The zero-order valence-electron chi connectivity index (χ0n) is 21.8. The molecule has 1 amide bonds. The summed E-state index contributed by atoms with van der Waals surface area (Å²) in [6, 6.07) is 14.6. The number of rotatable bonds is 6. The van der Waals surface area contributed by atoms with Gasteiger partial charge >= 0.3 is 0 Å². The van der Waals surface area contributed by atoms with Gasteiger partial charge in [0, 0.05) is 60.8 Å². The Morgan fingerprint density at radius 3 is 2.57 bits per heavy atom. The molecule has 3 atom stereocenters. The van der Waals surface area contributed by atoms with Crippen molar-refractivity contribution < 1.29 is 4.79 Å². The summed E-state index contributed by atoms with van der Waals surface area (Å²) in [4.78, 5) is 21.4. The van der Waals surface area contributed by atoms with Gasteiger partial charge in [0.15, 0.2) is 0 Å². The molecule has 3 unspecified atom stereocenters. The third-order valence-corrected chi connectivity index (χ3v) is 8.84. The third-order valence-electron chi connectivity index (χ3n) is 8.37. The fraction of sp³-hybridized carbons (Fsp3) is 0.467. The van der Waals surface area contributed by atoms with Gasteiger partial charge in [-0.05, 0) is 74.7 Å². The molecule has 196 valence electrons. The van der Waals surface area contributed by atoms with Crippen LogP contribution >= 0.6 is 23.2 Å². The lowest BCUT2D eigenvalue weighted by Crippen LogP contribution is -2.60. The third kappa shape index (κ3) is 4.99. The van der Waals surface area contributed by atoms with E-state index in [1.54, 1.807) is 6.92 Å². The molecule has 5 rings (SSSR count). The summed E-state index contributed by atoms with van der Waals surface area (Å²) >= 11 is 13.0. The van der Waals surface area contributed by atoms with E-state index in [2.05, 4.69) is 48.0 Å². The van der Waals surface area contributed by atoms with Crippen LogP contribution in [0.5, 0.6) is 0 Å². The Kier molecular flexibility index (Phi) is 7.78. The molecule has 0 aromatic heterocycles. The van der Waals surface area contributed by atoms with Gasteiger partial charge in [0.2, 0.25) is 5.91 Å². The summed E-state index contributed by atoms with van der Waals surface area (Å²) < 4.78 is 0. The fourth-order valence-corrected chi connectivity index (χ4v) is 7.11. The Bertz CT molecular complexity index is 1220. The Hall–Kier alpha value is -2.18. The van der Waals surface area contributed by atoms with Crippen molar-refractivity contribution in [3.63, 3.8) is 0 Å². The quantitative estimate of drug-likeness (QED) is 0.460. The van der Waals surface area contributed by atoms with Crippen LogP contribution < -0.4 is 5.32 Å². The number of nitrogens with zero attached hydrogens (tertiary/aromatic N) is 3. The van der Waals surface area contributed by atoms with Crippen molar-refractivity contribution in [1.82, 2.24) is 15.1 Å². The van der Waals surface area contributed by atoms with Gasteiger partial charge in [0.05, 0.1) is 11.1 Å². The van der Waals surface area contributed by atoms with E-state index in [0.29, 0.717) is 5.02 Å². The molecule has 0 radical (unpaired) electrons. The van der Waals surface area contributed by atoms with Crippen LogP contribution in [0.25, 0.3) is 0 Å². The van der Waals surface area contributed by atoms with E-state index in [-0.39, 0.29) is 23.3 Å². The number of amides is 1. The molecule has 3 heterocycles. The maximum absolute atomic E-state index is 11.7. The van der Waals surface area contributed by atoms with Crippen LogP contribution in [0.1, 0.15) is 50.2 Å². The molecule has 2 saturated heterocycles. The number of hydrogen-bond donors (Lipinski definition) is 1. The fourth-order valence-electron chi connectivity index (χ4n) is 6.75. The number of nitrogens with one attached hydrogen (secondary N) is 1. The second-order valence-corrected chi connectivity index (χ2v) is 11.5. The minimum Gasteiger partial charge on any atom is -0.340 e. The molecule has 0 bridgehead atoms. The first-order chi connectivity index (χ1) is 17.8. The van der Waals surface area contributed by atoms with Crippen molar-refractivity contribution in [2.24, 2.45) is 4.99 Å². The molecule has 1 N–H and O–H groups in total. The number of aliphatic imine (C=N–C) groups is 1. The summed E-state index contributed by atoms with van der Waals surface area (Å²) in [7, 11) is 0. The number of piperazine rings is 1. The van der Waals surface area contributed by atoms with Gasteiger partial charge < -0.3 is 10.2 Å². The van der Waals surface area contributed by atoms with Crippen LogP contribution in [0.3, 0.4) is 0 Å². The highest BCUT2D eigenvalue weighted by Gasteiger charge is 2.56. The summed E-state index contributed by atoms with van der Waals surface area (Å²) in [6.07, 6.45) is 2.88. The highest BCUT2D eigenvalue weighted by molar-refractivity contribution is 6.31. The van der Waals surface area contributed by atoms with Crippen LogP contribution in [0.2, 0.25) is 10.0 Å². The number of benzene rings is 2. The number of piperidine rings is 1. The van der Waals surface area contributed by atoms with Gasteiger partial charge in [0.25, 0.3) is 0 Å². The Balaban J connectivity index is 1.49. The molecule has 37 heavy (non-hydrogen) atoms. The second-order valence-electron chi connectivity index (χ2n) is 10.7. The molecule has 7 heteroatoms. The Labute approximate surface area is 230 Å². The summed E-state index contributed by atoms with van der Waals surface area (Å²) in [5.74, 6) is 0.385.